The Kier molecular flexibility index (Phi) is 5.70. The summed E-state index contributed by atoms with van der Waals surface area (Å²) in [6, 6.07) is 19.8. The van der Waals surface area contributed by atoms with Crippen LogP contribution in [-0.4, -0.2) is 41.9 Å². The van der Waals surface area contributed by atoms with Gasteiger partial charge in [0.1, 0.15) is 5.82 Å². The highest BCUT2D eigenvalue weighted by atomic mass is 32.1. The van der Waals surface area contributed by atoms with Crippen LogP contribution in [0.25, 0.3) is 10.4 Å². The Morgan fingerprint density at radius 2 is 1.83 bits per heavy atom. The van der Waals surface area contributed by atoms with Crippen LogP contribution < -0.4 is 0 Å². The third-order valence-corrected chi connectivity index (χ3v) is 6.18. The Labute approximate surface area is 173 Å². The highest BCUT2D eigenvalue weighted by molar-refractivity contribution is 7.15. The predicted octanol–water partition coefficient (Wildman–Crippen LogP) is 4.38. The Bertz CT molecular complexity index is 1060. The van der Waals surface area contributed by atoms with Crippen molar-refractivity contribution in [3.05, 3.63) is 82.5 Å². The number of hydrogen-bond donors (Lipinski definition) is 0. The van der Waals surface area contributed by atoms with Crippen LogP contribution >= 0.6 is 11.3 Å². The van der Waals surface area contributed by atoms with Crippen LogP contribution in [0.2, 0.25) is 0 Å². The lowest BCUT2D eigenvalue weighted by atomic mass is 10.1. The second-order valence-corrected chi connectivity index (χ2v) is 8.18. The van der Waals surface area contributed by atoms with Gasteiger partial charge in [0.25, 0.3) is 5.91 Å². The molecule has 2 aromatic carbocycles. The molecule has 0 atom stereocenters. The van der Waals surface area contributed by atoms with E-state index in [2.05, 4.69) is 17.0 Å². The Balaban J connectivity index is 1.35. The van der Waals surface area contributed by atoms with Gasteiger partial charge in [-0.25, -0.2) is 4.39 Å². The van der Waals surface area contributed by atoms with Gasteiger partial charge in [-0.15, -0.1) is 11.3 Å². The number of carbonyl (C=O) groups is 1. The summed E-state index contributed by atoms with van der Waals surface area (Å²) in [5, 5.41) is 9.02. The first-order valence-corrected chi connectivity index (χ1v) is 10.3. The fourth-order valence-electron chi connectivity index (χ4n) is 3.50. The maximum atomic E-state index is 14.0. The van der Waals surface area contributed by atoms with Crippen LogP contribution in [0.5, 0.6) is 0 Å². The van der Waals surface area contributed by atoms with Crippen LogP contribution in [-0.2, 0) is 6.54 Å². The average molecular weight is 405 g/mol. The third kappa shape index (κ3) is 4.37. The molecular formula is C23H20FN3OS. The van der Waals surface area contributed by atoms with Crippen molar-refractivity contribution < 1.29 is 9.18 Å². The number of carbonyl (C=O) groups excluding carboxylic acids is 1. The molecule has 146 valence electrons. The lowest BCUT2D eigenvalue weighted by Gasteiger charge is -2.34. The molecule has 4 rings (SSSR count). The van der Waals surface area contributed by atoms with Crippen molar-refractivity contribution in [1.82, 2.24) is 9.80 Å². The number of amides is 1. The largest absolute Gasteiger partial charge is 0.336 e. The van der Waals surface area contributed by atoms with Gasteiger partial charge >= 0.3 is 0 Å². The van der Waals surface area contributed by atoms with Gasteiger partial charge in [0, 0.05) is 53.6 Å². The zero-order valence-electron chi connectivity index (χ0n) is 15.8. The minimum atomic E-state index is -0.200. The molecule has 0 saturated carbocycles. The van der Waals surface area contributed by atoms with Crippen molar-refractivity contribution in [2.45, 2.75) is 6.54 Å². The Hall–Kier alpha value is -3.01. The number of hydrogen-bond acceptors (Lipinski definition) is 4. The van der Waals surface area contributed by atoms with Crippen LogP contribution in [0, 0.1) is 17.1 Å². The molecule has 0 bridgehead atoms. The number of benzene rings is 2. The standard InChI is InChI=1S/C23H20FN3OS/c24-21-7-2-1-6-20(21)22-9-8-19(29-22)16-26-10-12-27(13-11-26)23(28)18-5-3-4-17(14-18)15-25/h1-9,14H,10-13,16H2. The Morgan fingerprint density at radius 3 is 2.59 bits per heavy atom. The summed E-state index contributed by atoms with van der Waals surface area (Å²) in [4.78, 5) is 19.0. The van der Waals surface area contributed by atoms with Gasteiger partial charge in [0.05, 0.1) is 11.6 Å². The van der Waals surface area contributed by atoms with E-state index in [9.17, 15) is 9.18 Å². The van der Waals surface area contributed by atoms with Crippen LogP contribution in [0.4, 0.5) is 4.39 Å². The predicted molar refractivity (Wildman–Crippen MR) is 112 cm³/mol. The number of thiophene rings is 1. The van der Waals surface area contributed by atoms with Crippen molar-refractivity contribution >= 4 is 17.2 Å². The highest BCUT2D eigenvalue weighted by Gasteiger charge is 2.22. The fraction of sp³-hybridized carbons (Fsp3) is 0.217. The van der Waals surface area contributed by atoms with Crippen molar-refractivity contribution in [3.8, 4) is 16.5 Å². The maximum Gasteiger partial charge on any atom is 0.253 e. The fourth-order valence-corrected chi connectivity index (χ4v) is 4.58. The summed E-state index contributed by atoms with van der Waals surface area (Å²) in [6.45, 7) is 3.68. The normalized spacial score (nSPS) is 14.6. The maximum absolute atomic E-state index is 14.0. The van der Waals surface area contributed by atoms with Crippen LogP contribution in [0.1, 0.15) is 20.8 Å². The van der Waals surface area contributed by atoms with E-state index in [0.717, 1.165) is 24.5 Å². The topological polar surface area (TPSA) is 47.3 Å². The summed E-state index contributed by atoms with van der Waals surface area (Å²) < 4.78 is 14.0. The molecule has 1 amide bonds. The van der Waals surface area contributed by atoms with Crippen molar-refractivity contribution in [3.63, 3.8) is 0 Å². The molecule has 1 aromatic heterocycles. The lowest BCUT2D eigenvalue weighted by molar-refractivity contribution is 0.0629. The lowest BCUT2D eigenvalue weighted by Crippen LogP contribution is -2.48. The van der Waals surface area contributed by atoms with E-state index < -0.39 is 0 Å². The summed E-state index contributed by atoms with van der Waals surface area (Å²) >= 11 is 1.61. The molecule has 2 heterocycles. The molecule has 1 saturated heterocycles. The number of rotatable bonds is 4. The third-order valence-electron chi connectivity index (χ3n) is 5.08. The molecule has 0 N–H and O–H groups in total. The van der Waals surface area contributed by atoms with E-state index >= 15 is 0 Å². The Morgan fingerprint density at radius 1 is 1.03 bits per heavy atom. The molecule has 0 spiro atoms. The number of piperazine rings is 1. The summed E-state index contributed by atoms with van der Waals surface area (Å²) in [5.74, 6) is -0.229. The van der Waals surface area contributed by atoms with E-state index in [0.29, 0.717) is 29.8 Å². The molecule has 1 aliphatic heterocycles. The van der Waals surface area contributed by atoms with E-state index in [1.54, 1.807) is 47.7 Å². The van der Waals surface area contributed by atoms with Gasteiger partial charge in [-0.2, -0.15) is 5.26 Å². The van der Waals surface area contributed by atoms with Gasteiger partial charge in [-0.3, -0.25) is 9.69 Å². The second kappa shape index (κ2) is 8.56. The van der Waals surface area contributed by atoms with Crippen molar-refractivity contribution in [1.29, 1.82) is 5.26 Å². The first-order valence-electron chi connectivity index (χ1n) is 9.49. The number of nitriles is 1. The van der Waals surface area contributed by atoms with Gasteiger partial charge in [0.15, 0.2) is 0 Å². The molecule has 1 aliphatic rings. The SMILES string of the molecule is N#Cc1cccc(C(=O)N2CCN(Cc3ccc(-c4ccccc4F)s3)CC2)c1. The molecule has 6 heteroatoms. The second-order valence-electron chi connectivity index (χ2n) is 7.01. The monoisotopic (exact) mass is 405 g/mol. The minimum absolute atomic E-state index is 0.0280. The average Bonchev–Trinajstić information content (AvgIpc) is 3.22. The van der Waals surface area contributed by atoms with Gasteiger partial charge < -0.3 is 4.90 Å². The molecule has 0 aliphatic carbocycles. The molecule has 1 fully saturated rings. The first kappa shape index (κ1) is 19.3. The molecule has 0 unspecified atom stereocenters. The summed E-state index contributed by atoms with van der Waals surface area (Å²) in [7, 11) is 0. The zero-order chi connectivity index (χ0) is 20.2. The first-order chi connectivity index (χ1) is 14.1. The number of nitrogens with zero attached hydrogens (tertiary/aromatic N) is 3. The smallest absolute Gasteiger partial charge is 0.253 e. The minimum Gasteiger partial charge on any atom is -0.336 e. The van der Waals surface area contributed by atoms with Gasteiger partial charge in [0.2, 0.25) is 0 Å². The van der Waals surface area contributed by atoms with Crippen LogP contribution in [0.15, 0.2) is 60.7 Å². The van der Waals surface area contributed by atoms with Crippen LogP contribution in [0.3, 0.4) is 0 Å². The van der Waals surface area contributed by atoms with Gasteiger partial charge in [-0.1, -0.05) is 24.3 Å². The molecule has 0 radical (unpaired) electrons. The van der Waals surface area contributed by atoms with E-state index in [1.807, 2.05) is 17.0 Å². The summed E-state index contributed by atoms with van der Waals surface area (Å²) in [5.41, 5.74) is 1.70. The number of halogens is 1. The van der Waals surface area contributed by atoms with E-state index in [-0.39, 0.29) is 11.7 Å². The molecular weight excluding hydrogens is 385 g/mol. The molecule has 4 nitrogen and oxygen atoms in total. The zero-order valence-corrected chi connectivity index (χ0v) is 16.7. The highest BCUT2D eigenvalue weighted by Crippen LogP contribution is 2.30. The van der Waals surface area contributed by atoms with Crippen molar-refractivity contribution in [2.75, 3.05) is 26.2 Å². The quantitative estimate of drug-likeness (QED) is 0.647. The summed E-state index contributed by atoms with van der Waals surface area (Å²) in [6.07, 6.45) is 0. The van der Waals surface area contributed by atoms with E-state index in [4.69, 9.17) is 5.26 Å². The van der Waals surface area contributed by atoms with Gasteiger partial charge in [-0.05, 0) is 36.4 Å². The van der Waals surface area contributed by atoms with Crippen molar-refractivity contribution in [2.24, 2.45) is 0 Å². The van der Waals surface area contributed by atoms with E-state index in [1.165, 1.54) is 10.9 Å². The molecule has 29 heavy (non-hydrogen) atoms. The molecule has 3 aromatic rings.